The van der Waals surface area contributed by atoms with E-state index in [1.165, 1.54) is 98.1 Å². The molecule has 2 heteroatoms. The van der Waals surface area contributed by atoms with Gasteiger partial charge >= 0.3 is 0 Å². The van der Waals surface area contributed by atoms with Gasteiger partial charge in [-0.1, -0.05) is 152 Å². The predicted octanol–water partition coefficient (Wildman–Crippen LogP) is 14.6. The van der Waals surface area contributed by atoms with Gasteiger partial charge in [-0.2, -0.15) is 0 Å². The maximum Gasteiger partial charge on any atom is 0.0556 e. The number of fused-ring (bicyclic) bond motifs is 10. The molecule has 7 aromatic carbocycles. The lowest BCUT2D eigenvalue weighted by Crippen LogP contribution is -2.27. The van der Waals surface area contributed by atoms with Gasteiger partial charge < -0.3 is 4.90 Å². The Morgan fingerprint density at radius 3 is 1.71 bits per heavy atom. The highest BCUT2D eigenvalue weighted by Gasteiger charge is 2.50. The zero-order chi connectivity index (χ0) is 35.7. The summed E-state index contributed by atoms with van der Waals surface area (Å²) in [4.78, 5) is 2.67. The normalized spacial score (nSPS) is 15.1. The summed E-state index contributed by atoms with van der Waals surface area (Å²) in [5, 5.41) is 5.13. The minimum atomic E-state index is -0.247. The molecule has 2 aliphatic rings. The Kier molecular flexibility index (Phi) is 6.48. The van der Waals surface area contributed by atoms with Crippen molar-refractivity contribution in [3.05, 3.63) is 161 Å². The van der Waals surface area contributed by atoms with Gasteiger partial charge in [-0.05, 0) is 91.2 Å². The molecule has 2 aliphatic carbocycles. The van der Waals surface area contributed by atoms with Gasteiger partial charge in [-0.15, -0.1) is 11.3 Å². The van der Waals surface area contributed by atoms with Gasteiger partial charge in [0.1, 0.15) is 0 Å². The Morgan fingerprint density at radius 2 is 1.06 bits per heavy atom. The molecular formula is C50H43NS. The van der Waals surface area contributed by atoms with E-state index in [0.29, 0.717) is 0 Å². The molecule has 0 N–H and O–H groups in total. The van der Waals surface area contributed by atoms with Gasteiger partial charge in [-0.3, -0.25) is 0 Å². The van der Waals surface area contributed by atoms with E-state index in [9.17, 15) is 0 Å². The molecule has 0 spiro atoms. The lowest BCUT2D eigenvalue weighted by atomic mass is 9.70. The lowest BCUT2D eigenvalue weighted by Gasteiger charge is -2.39. The molecule has 10 rings (SSSR count). The molecule has 0 aliphatic heterocycles. The predicted molar refractivity (Wildman–Crippen MR) is 225 cm³/mol. The topological polar surface area (TPSA) is 3.24 Å². The number of rotatable bonds is 3. The molecule has 0 bridgehead atoms. The van der Waals surface area contributed by atoms with Gasteiger partial charge in [0.15, 0.2) is 0 Å². The van der Waals surface area contributed by atoms with Gasteiger partial charge in [0, 0.05) is 42.1 Å². The average Bonchev–Trinajstić information content (AvgIpc) is 3.71. The van der Waals surface area contributed by atoms with Crippen LogP contribution in [0.2, 0.25) is 0 Å². The molecular weight excluding hydrogens is 647 g/mol. The summed E-state index contributed by atoms with van der Waals surface area (Å²) in [5.41, 5.74) is 15.9. The van der Waals surface area contributed by atoms with Crippen LogP contribution in [-0.4, -0.2) is 0 Å². The highest BCUT2D eigenvalue weighted by atomic mass is 32.1. The third-order valence-corrected chi connectivity index (χ3v) is 13.2. The number of anilines is 3. The number of thiophene rings is 1. The van der Waals surface area contributed by atoms with E-state index in [0.717, 1.165) is 0 Å². The first-order valence-electron chi connectivity index (χ1n) is 18.6. The first-order chi connectivity index (χ1) is 25.0. The van der Waals surface area contributed by atoms with Crippen LogP contribution in [0.3, 0.4) is 0 Å². The lowest BCUT2D eigenvalue weighted by molar-refractivity contribution is 0.587. The fourth-order valence-corrected chi connectivity index (χ4v) is 11.0. The maximum atomic E-state index is 2.67. The Balaban J connectivity index is 1.45. The number of benzene rings is 7. The van der Waals surface area contributed by atoms with E-state index >= 15 is 0 Å². The fourth-order valence-electron chi connectivity index (χ4n) is 9.87. The molecule has 8 aromatic rings. The summed E-state index contributed by atoms with van der Waals surface area (Å²) < 4.78 is 2.65. The highest BCUT2D eigenvalue weighted by Crippen LogP contribution is 2.66. The van der Waals surface area contributed by atoms with Crippen molar-refractivity contribution in [1.82, 2.24) is 0 Å². The summed E-state index contributed by atoms with van der Waals surface area (Å²) >= 11 is 1.89. The number of hydrogen-bond acceptors (Lipinski definition) is 2. The zero-order valence-electron chi connectivity index (χ0n) is 31.1. The van der Waals surface area contributed by atoms with Crippen LogP contribution in [-0.2, 0) is 16.2 Å². The van der Waals surface area contributed by atoms with Crippen LogP contribution < -0.4 is 4.90 Å². The molecule has 254 valence electrons. The van der Waals surface area contributed by atoms with Gasteiger partial charge in [0.2, 0.25) is 0 Å². The first kappa shape index (κ1) is 31.5. The third-order valence-electron chi connectivity index (χ3n) is 12.1. The number of nitrogens with zero attached hydrogens (tertiary/aromatic N) is 1. The Bertz CT molecular complexity index is 2700. The molecule has 1 heterocycles. The van der Waals surface area contributed by atoms with Crippen molar-refractivity contribution in [1.29, 1.82) is 0 Å². The van der Waals surface area contributed by atoms with E-state index in [1.807, 2.05) is 11.3 Å². The monoisotopic (exact) mass is 689 g/mol. The molecule has 0 saturated heterocycles. The van der Waals surface area contributed by atoms with Crippen LogP contribution >= 0.6 is 11.3 Å². The fraction of sp³-hybridized carbons (Fsp3) is 0.200. The second-order valence-electron chi connectivity index (χ2n) is 16.9. The molecule has 0 unspecified atom stereocenters. The molecule has 1 nitrogen and oxygen atoms in total. The van der Waals surface area contributed by atoms with E-state index in [-0.39, 0.29) is 16.2 Å². The van der Waals surface area contributed by atoms with Crippen molar-refractivity contribution >= 4 is 59.3 Å². The van der Waals surface area contributed by atoms with Crippen molar-refractivity contribution in [2.45, 2.75) is 64.7 Å². The number of hydrogen-bond donors (Lipinski definition) is 0. The van der Waals surface area contributed by atoms with Crippen molar-refractivity contribution in [3.63, 3.8) is 0 Å². The minimum absolute atomic E-state index is 0.105. The summed E-state index contributed by atoms with van der Waals surface area (Å²) in [6, 6.07) is 50.3. The summed E-state index contributed by atoms with van der Waals surface area (Å²) in [6.45, 7) is 17.1. The van der Waals surface area contributed by atoms with E-state index in [1.54, 1.807) is 0 Å². The average molecular weight is 690 g/mol. The van der Waals surface area contributed by atoms with Gasteiger partial charge in [-0.25, -0.2) is 0 Å². The largest absolute Gasteiger partial charge is 0.309 e. The van der Waals surface area contributed by atoms with Crippen LogP contribution in [0, 0.1) is 0 Å². The van der Waals surface area contributed by atoms with Crippen LogP contribution in [0.25, 0.3) is 53.2 Å². The maximum absolute atomic E-state index is 2.67. The standard InChI is InChI=1S/C50H43NS/c1-48(2,3)44-42-34-21-10-13-23-37(34)49(4,5)45(42)47(46-43(44)35-22-11-14-24-38(35)50(46,6)7)51(39-25-16-18-30-17-8-9-19-32(30)39)31-27-28-41-36(29-31)33-20-12-15-26-40(33)52-41/h8-29H,1-7H3. The first-order valence-corrected chi connectivity index (χ1v) is 19.4. The van der Waals surface area contributed by atoms with Crippen molar-refractivity contribution < 1.29 is 0 Å². The molecule has 52 heavy (non-hydrogen) atoms. The second-order valence-corrected chi connectivity index (χ2v) is 18.0. The van der Waals surface area contributed by atoms with Gasteiger partial charge in [0.05, 0.1) is 11.4 Å². The van der Waals surface area contributed by atoms with E-state index in [2.05, 4.69) is 187 Å². The summed E-state index contributed by atoms with van der Waals surface area (Å²) in [7, 11) is 0. The Morgan fingerprint density at radius 1 is 0.519 bits per heavy atom. The Hall–Kier alpha value is -5.18. The van der Waals surface area contributed by atoms with Crippen molar-refractivity contribution in [2.75, 3.05) is 4.90 Å². The molecule has 0 saturated carbocycles. The molecule has 0 atom stereocenters. The summed E-state index contributed by atoms with van der Waals surface area (Å²) in [6.07, 6.45) is 0. The molecule has 0 radical (unpaired) electrons. The molecule has 0 fully saturated rings. The summed E-state index contributed by atoms with van der Waals surface area (Å²) in [5.74, 6) is 0. The SMILES string of the molecule is CC(C)(C)c1c2c(c(N(c3ccc4sc5ccccc5c4c3)c3cccc4ccccc34)c3c1-c1ccccc1C3(C)C)C(C)(C)c1ccccc1-2. The van der Waals surface area contributed by atoms with E-state index < -0.39 is 0 Å². The van der Waals surface area contributed by atoms with Crippen molar-refractivity contribution in [2.24, 2.45) is 0 Å². The van der Waals surface area contributed by atoms with Crippen molar-refractivity contribution in [3.8, 4) is 22.3 Å². The Labute approximate surface area is 311 Å². The van der Waals surface area contributed by atoms with Crippen LogP contribution in [0.1, 0.15) is 76.3 Å². The quantitative estimate of drug-likeness (QED) is 0.178. The van der Waals surface area contributed by atoms with Crippen LogP contribution in [0.5, 0.6) is 0 Å². The van der Waals surface area contributed by atoms with Crippen LogP contribution in [0.15, 0.2) is 133 Å². The molecule has 0 amide bonds. The van der Waals surface area contributed by atoms with Crippen LogP contribution in [0.4, 0.5) is 17.1 Å². The smallest absolute Gasteiger partial charge is 0.0556 e. The highest BCUT2D eigenvalue weighted by molar-refractivity contribution is 7.25. The zero-order valence-corrected chi connectivity index (χ0v) is 31.9. The van der Waals surface area contributed by atoms with E-state index in [4.69, 9.17) is 0 Å². The third kappa shape index (κ3) is 4.16. The molecule has 1 aromatic heterocycles. The minimum Gasteiger partial charge on any atom is -0.309 e. The van der Waals surface area contributed by atoms with Gasteiger partial charge in [0.25, 0.3) is 0 Å². The second kappa shape index (κ2) is 10.7.